The molecule has 9 aromatic carbocycles. The van der Waals surface area contributed by atoms with Gasteiger partial charge in [0, 0.05) is 38.8 Å². The molecule has 3 heteroatoms. The molecule has 254 valence electrons. The van der Waals surface area contributed by atoms with Gasteiger partial charge in [-0.3, -0.25) is 4.57 Å². The van der Waals surface area contributed by atoms with Crippen molar-refractivity contribution in [1.29, 1.82) is 0 Å². The van der Waals surface area contributed by atoms with Crippen molar-refractivity contribution in [1.82, 2.24) is 9.55 Å². The summed E-state index contributed by atoms with van der Waals surface area (Å²) in [4.78, 5) is 4.60. The van der Waals surface area contributed by atoms with Crippen LogP contribution < -0.4 is 0 Å². The highest BCUT2D eigenvalue weighted by molar-refractivity contribution is 7.26. The van der Waals surface area contributed by atoms with E-state index in [4.69, 9.17) is 13.7 Å². The Balaban J connectivity index is 1.27. The molecule has 0 unspecified atom stereocenters. The molecule has 0 aliphatic heterocycles. The van der Waals surface area contributed by atoms with Gasteiger partial charge in [-0.2, -0.15) is 0 Å². The number of nitrogens with zero attached hydrogens (tertiary/aromatic N) is 2. The normalized spacial score (nSPS) is 15.0. The fraction of sp³-hybridized carbons (Fsp3) is 0.0392. The number of hydrogen-bond acceptors (Lipinski definition) is 2. The van der Waals surface area contributed by atoms with Crippen molar-refractivity contribution in [3.05, 3.63) is 182 Å². The van der Waals surface area contributed by atoms with Crippen LogP contribution in [0.1, 0.15) is 26.4 Å². The lowest BCUT2D eigenvalue weighted by Crippen LogP contribution is -2.01. The van der Waals surface area contributed by atoms with Gasteiger partial charge in [-0.25, -0.2) is 4.98 Å². The predicted molar refractivity (Wildman–Crippen MR) is 232 cm³/mol. The Morgan fingerprint density at radius 1 is 0.574 bits per heavy atom. The van der Waals surface area contributed by atoms with Crippen LogP contribution in [-0.2, 0) is 6.37 Å². The number of hydrogen-bond donors (Lipinski definition) is 0. The van der Waals surface area contributed by atoms with Crippen LogP contribution in [0.2, 0.25) is 0 Å². The largest absolute Gasteiger partial charge is 0.296 e. The van der Waals surface area contributed by atoms with Crippen LogP contribution in [0.4, 0.5) is 0 Å². The van der Waals surface area contributed by atoms with E-state index >= 15 is 0 Å². The molecule has 0 saturated carbocycles. The maximum absolute atomic E-state index is 8.96. The van der Waals surface area contributed by atoms with E-state index in [1.54, 1.807) is 28.0 Å². The SMILES string of the molecule is [2H]c1c([2H])c([2H])c(-c2ccc3c(-c4ccc(-n5c(C([2H])([2H])C([2H])([2H])[2H])nc6ccccc65)c5ccccc45)c4ccccc4c(-c4cccc5sc6ccccc6c45)c3c2)c([2H])c1[2H]. The third-order valence-corrected chi connectivity index (χ3v) is 11.7. The van der Waals surface area contributed by atoms with E-state index < -0.39 is 31.4 Å². The minimum Gasteiger partial charge on any atom is -0.296 e. The fourth-order valence-corrected chi connectivity index (χ4v) is 9.47. The van der Waals surface area contributed by atoms with E-state index in [1.165, 1.54) is 0 Å². The van der Waals surface area contributed by atoms with Gasteiger partial charge in [0.05, 0.1) is 23.6 Å². The summed E-state index contributed by atoms with van der Waals surface area (Å²) in [6.07, 6.45) is -2.79. The third kappa shape index (κ3) is 4.62. The molecular formula is C51H34N2S. The first-order valence-corrected chi connectivity index (χ1v) is 18.5. The second-order valence-corrected chi connectivity index (χ2v) is 14.5. The first kappa shape index (κ1) is 22.5. The molecule has 0 aliphatic rings. The molecule has 0 N–H and O–H groups in total. The Morgan fingerprint density at radius 3 is 2.09 bits per heavy atom. The molecule has 0 atom stereocenters. The van der Waals surface area contributed by atoms with Gasteiger partial charge in [0.25, 0.3) is 0 Å². The number of rotatable bonds is 5. The van der Waals surface area contributed by atoms with Crippen molar-refractivity contribution in [2.45, 2.75) is 13.2 Å². The lowest BCUT2D eigenvalue weighted by molar-refractivity contribution is 0.913. The average molecular weight is 717 g/mol. The molecule has 11 aromatic rings. The van der Waals surface area contributed by atoms with Crippen molar-refractivity contribution in [3.8, 4) is 39.1 Å². The zero-order valence-electron chi connectivity index (χ0n) is 38.7. The molecule has 11 rings (SSSR count). The van der Waals surface area contributed by atoms with Gasteiger partial charge in [0.15, 0.2) is 0 Å². The Hall–Kier alpha value is -6.55. The average Bonchev–Trinajstić information content (AvgIpc) is 3.89. The van der Waals surface area contributed by atoms with Gasteiger partial charge in [-0.15, -0.1) is 11.3 Å². The van der Waals surface area contributed by atoms with Crippen LogP contribution in [0.15, 0.2) is 176 Å². The smallest absolute Gasteiger partial charge is 0.114 e. The minimum atomic E-state index is -3.00. The standard InChI is InChI=1S/C51H34N2S/c1-2-48-52-43-23-11-12-24-45(43)53(48)44-30-29-38(34-17-6-7-18-35(34)44)49-36-19-8-9-20-37(36)50(42-31-33(27-28-39(42)49)32-15-4-3-5-16-32)41-22-14-26-47-51(41)40-21-10-13-25-46(40)54-47/h3-31H,2H2,1H3/i1D3,2D2,3D,4D,5D,15D,16D. The van der Waals surface area contributed by atoms with E-state index in [2.05, 4.69) is 47.4 Å². The fourth-order valence-electron chi connectivity index (χ4n) is 8.34. The van der Waals surface area contributed by atoms with E-state index in [1.807, 2.05) is 91.0 Å². The predicted octanol–water partition coefficient (Wildman–Crippen LogP) is 14.4. The van der Waals surface area contributed by atoms with E-state index in [0.29, 0.717) is 22.3 Å². The molecule has 0 fully saturated rings. The molecule has 0 aliphatic carbocycles. The topological polar surface area (TPSA) is 17.8 Å². The van der Waals surface area contributed by atoms with Gasteiger partial charge in [-0.1, -0.05) is 146 Å². The monoisotopic (exact) mass is 716 g/mol. The summed E-state index contributed by atoms with van der Waals surface area (Å²) in [7, 11) is 0. The van der Waals surface area contributed by atoms with Crippen LogP contribution in [0.5, 0.6) is 0 Å². The van der Waals surface area contributed by atoms with Crippen molar-refractivity contribution < 1.29 is 13.7 Å². The number of imidazole rings is 1. The highest BCUT2D eigenvalue weighted by atomic mass is 32.1. The second kappa shape index (κ2) is 12.3. The Bertz CT molecular complexity index is 3740. The third-order valence-electron chi connectivity index (χ3n) is 10.6. The highest BCUT2D eigenvalue weighted by Crippen LogP contribution is 2.50. The summed E-state index contributed by atoms with van der Waals surface area (Å²) in [6.45, 7) is -3.00. The summed E-state index contributed by atoms with van der Waals surface area (Å²) in [5.74, 6) is -0.220. The van der Waals surface area contributed by atoms with Crippen molar-refractivity contribution in [2.24, 2.45) is 0 Å². The molecule has 0 saturated heterocycles. The summed E-state index contributed by atoms with van der Waals surface area (Å²) in [5.41, 5.74) is 5.92. The van der Waals surface area contributed by atoms with Crippen molar-refractivity contribution >= 4 is 74.9 Å². The molecule has 2 aromatic heterocycles. The second-order valence-electron chi connectivity index (χ2n) is 13.4. The molecule has 0 bridgehead atoms. The summed E-state index contributed by atoms with van der Waals surface area (Å²) >= 11 is 1.73. The van der Waals surface area contributed by atoms with E-state index in [0.717, 1.165) is 74.7 Å². The van der Waals surface area contributed by atoms with Crippen molar-refractivity contribution in [3.63, 3.8) is 0 Å². The van der Waals surface area contributed by atoms with Gasteiger partial charge < -0.3 is 0 Å². The number of benzene rings is 9. The first-order valence-electron chi connectivity index (χ1n) is 22.7. The van der Waals surface area contributed by atoms with Crippen molar-refractivity contribution in [2.75, 3.05) is 0 Å². The molecule has 0 radical (unpaired) electrons. The van der Waals surface area contributed by atoms with Gasteiger partial charge >= 0.3 is 0 Å². The van der Waals surface area contributed by atoms with Crippen LogP contribution in [0, 0.1) is 0 Å². The van der Waals surface area contributed by atoms with E-state index in [-0.39, 0.29) is 23.5 Å². The number of thiophene rings is 1. The maximum atomic E-state index is 8.96. The summed E-state index contributed by atoms with van der Waals surface area (Å²) in [5, 5.41) is 7.41. The molecule has 2 heterocycles. The molecule has 0 spiro atoms. The number of para-hydroxylation sites is 2. The lowest BCUT2D eigenvalue weighted by atomic mass is 9.83. The van der Waals surface area contributed by atoms with E-state index in [9.17, 15) is 0 Å². The number of aromatic nitrogens is 2. The Labute approximate surface area is 331 Å². The minimum absolute atomic E-state index is 0.114. The van der Waals surface area contributed by atoms with Crippen LogP contribution >= 0.6 is 11.3 Å². The van der Waals surface area contributed by atoms with Gasteiger partial charge in [-0.05, 0) is 96.7 Å². The number of fused-ring (bicyclic) bond motifs is 7. The zero-order valence-corrected chi connectivity index (χ0v) is 29.5. The maximum Gasteiger partial charge on any atom is 0.114 e. The van der Waals surface area contributed by atoms with Crippen LogP contribution in [-0.4, -0.2) is 9.55 Å². The summed E-state index contributed by atoms with van der Waals surface area (Å²) < 4.78 is 89.6. The molecule has 54 heavy (non-hydrogen) atoms. The summed E-state index contributed by atoms with van der Waals surface area (Å²) in [6, 6.07) is 45.8. The number of aryl methyl sites for hydroxylation is 1. The zero-order chi connectivity index (χ0) is 44.4. The van der Waals surface area contributed by atoms with Crippen LogP contribution in [0.25, 0.3) is 103 Å². The Morgan fingerprint density at radius 2 is 1.26 bits per heavy atom. The van der Waals surface area contributed by atoms with Crippen LogP contribution in [0.3, 0.4) is 0 Å². The van der Waals surface area contributed by atoms with Gasteiger partial charge in [0.2, 0.25) is 0 Å². The quantitative estimate of drug-likeness (QED) is 0.162. The lowest BCUT2D eigenvalue weighted by Gasteiger charge is -2.21. The molecule has 0 amide bonds. The first-order chi connectivity index (χ1) is 30.8. The van der Waals surface area contributed by atoms with Gasteiger partial charge in [0.1, 0.15) is 5.82 Å². The highest BCUT2D eigenvalue weighted by Gasteiger charge is 2.22. The molecular weight excluding hydrogens is 673 g/mol. The Kier molecular flexibility index (Phi) is 5.11. The molecule has 2 nitrogen and oxygen atoms in total.